The zero-order valence-corrected chi connectivity index (χ0v) is 8.41. The average molecular weight is 226 g/mol. The van der Waals surface area contributed by atoms with Crippen LogP contribution in [0.15, 0.2) is 35.0 Å². The Morgan fingerprint density at radius 1 is 1.40 bits per heavy atom. The fraction of sp³-hybridized carbons (Fsp3) is 0.100. The third-order valence-electron chi connectivity index (χ3n) is 1.98. The summed E-state index contributed by atoms with van der Waals surface area (Å²) in [7, 11) is 0. The monoisotopic (exact) mass is 225 g/mol. The summed E-state index contributed by atoms with van der Waals surface area (Å²) in [6, 6.07) is 6.67. The smallest absolute Gasteiger partial charge is 0.352 e. The first kappa shape index (κ1) is 9.86. The van der Waals surface area contributed by atoms with Crippen molar-refractivity contribution in [3.8, 4) is 5.75 Å². The Kier molecular flexibility index (Phi) is 2.51. The number of carbonyl (C=O) groups is 1. The highest BCUT2D eigenvalue weighted by Gasteiger charge is 2.23. The summed E-state index contributed by atoms with van der Waals surface area (Å²) in [5, 5.41) is 12.3. The third-order valence-corrected chi connectivity index (χ3v) is 2.36. The normalized spacial score (nSPS) is 15.4. The highest BCUT2D eigenvalue weighted by molar-refractivity contribution is 6.42. The molecule has 0 atom stereocenters. The van der Waals surface area contributed by atoms with Gasteiger partial charge in [-0.15, -0.1) is 0 Å². The number of hydrogen-bond donors (Lipinski definition) is 2. The second-order valence-corrected chi connectivity index (χ2v) is 3.39. The Morgan fingerprint density at radius 3 is 2.73 bits per heavy atom. The Bertz CT molecular complexity index is 442. The standard InChI is InChI=1S/C10H8ClNO3/c11-9-7(5-15-10(9)14)12-6-3-1-2-4-8(6)13/h1-4,12-13H,5H2. The van der Waals surface area contributed by atoms with Crippen LogP contribution in [0.1, 0.15) is 0 Å². The first-order valence-corrected chi connectivity index (χ1v) is 4.67. The van der Waals surface area contributed by atoms with Crippen molar-refractivity contribution in [2.45, 2.75) is 0 Å². The average Bonchev–Trinajstić information content (AvgIpc) is 2.53. The number of ether oxygens (including phenoxy) is 1. The van der Waals surface area contributed by atoms with Crippen LogP contribution in [0.4, 0.5) is 5.69 Å². The van der Waals surface area contributed by atoms with E-state index in [1.807, 2.05) is 0 Å². The first-order valence-electron chi connectivity index (χ1n) is 4.29. The van der Waals surface area contributed by atoms with Crippen LogP contribution < -0.4 is 5.32 Å². The van der Waals surface area contributed by atoms with Gasteiger partial charge in [0.1, 0.15) is 17.4 Å². The molecule has 4 nitrogen and oxygen atoms in total. The van der Waals surface area contributed by atoms with Gasteiger partial charge in [-0.2, -0.15) is 0 Å². The van der Waals surface area contributed by atoms with Crippen LogP contribution in [0.2, 0.25) is 0 Å². The van der Waals surface area contributed by atoms with Gasteiger partial charge in [-0.3, -0.25) is 0 Å². The van der Waals surface area contributed by atoms with Crippen molar-refractivity contribution >= 4 is 23.3 Å². The van der Waals surface area contributed by atoms with Crippen molar-refractivity contribution in [2.75, 3.05) is 11.9 Å². The number of rotatable bonds is 2. The quantitative estimate of drug-likeness (QED) is 0.595. The number of anilines is 1. The number of carbonyl (C=O) groups excluding carboxylic acids is 1. The van der Waals surface area contributed by atoms with Crippen molar-refractivity contribution in [3.63, 3.8) is 0 Å². The zero-order valence-electron chi connectivity index (χ0n) is 7.66. The number of para-hydroxylation sites is 2. The fourth-order valence-electron chi connectivity index (χ4n) is 1.22. The second-order valence-electron chi connectivity index (χ2n) is 3.01. The molecule has 0 saturated carbocycles. The molecule has 0 fully saturated rings. The molecule has 78 valence electrons. The topological polar surface area (TPSA) is 58.6 Å². The van der Waals surface area contributed by atoms with E-state index in [1.165, 1.54) is 6.07 Å². The molecular formula is C10H8ClNO3. The second kappa shape index (κ2) is 3.82. The highest BCUT2D eigenvalue weighted by Crippen LogP contribution is 2.27. The van der Waals surface area contributed by atoms with Crippen LogP contribution >= 0.6 is 11.6 Å². The summed E-state index contributed by atoms with van der Waals surface area (Å²) in [5.74, 6) is -0.455. The van der Waals surface area contributed by atoms with Gasteiger partial charge < -0.3 is 15.2 Å². The Hall–Kier alpha value is -1.68. The Labute approximate surface area is 91.1 Å². The highest BCUT2D eigenvalue weighted by atomic mass is 35.5. The molecule has 2 N–H and O–H groups in total. The van der Waals surface area contributed by atoms with E-state index >= 15 is 0 Å². The van der Waals surface area contributed by atoms with Crippen LogP contribution in [0, 0.1) is 0 Å². The third kappa shape index (κ3) is 1.89. The summed E-state index contributed by atoms with van der Waals surface area (Å²) in [6.07, 6.45) is 0. The molecule has 2 rings (SSSR count). The van der Waals surface area contributed by atoms with Crippen LogP contribution in [0.5, 0.6) is 5.75 Å². The number of benzene rings is 1. The maximum Gasteiger partial charge on any atom is 0.352 e. The molecular weight excluding hydrogens is 218 g/mol. The van der Waals surface area contributed by atoms with E-state index in [4.69, 9.17) is 16.3 Å². The van der Waals surface area contributed by atoms with E-state index in [9.17, 15) is 9.90 Å². The molecule has 0 unspecified atom stereocenters. The van der Waals surface area contributed by atoms with Gasteiger partial charge in [0.2, 0.25) is 0 Å². The number of halogens is 1. The van der Waals surface area contributed by atoms with Gasteiger partial charge >= 0.3 is 5.97 Å². The molecule has 0 saturated heterocycles. The molecule has 0 aliphatic carbocycles. The minimum Gasteiger partial charge on any atom is -0.506 e. The maximum atomic E-state index is 10.9. The van der Waals surface area contributed by atoms with E-state index in [1.54, 1.807) is 18.2 Å². The molecule has 0 bridgehead atoms. The van der Waals surface area contributed by atoms with E-state index in [-0.39, 0.29) is 17.4 Å². The molecule has 1 aromatic rings. The number of phenolic OH excluding ortho intramolecular Hbond substituents is 1. The summed E-state index contributed by atoms with van der Waals surface area (Å²) in [5.41, 5.74) is 0.951. The van der Waals surface area contributed by atoms with E-state index in [2.05, 4.69) is 5.32 Å². The summed E-state index contributed by atoms with van der Waals surface area (Å²) in [4.78, 5) is 10.9. The number of nitrogens with one attached hydrogen (secondary N) is 1. The molecule has 0 spiro atoms. The molecule has 1 aromatic carbocycles. The lowest BCUT2D eigenvalue weighted by Gasteiger charge is -2.07. The van der Waals surface area contributed by atoms with Gasteiger partial charge in [-0.1, -0.05) is 23.7 Å². The van der Waals surface area contributed by atoms with Gasteiger partial charge in [-0.05, 0) is 12.1 Å². The Morgan fingerprint density at radius 2 is 2.13 bits per heavy atom. The molecule has 1 heterocycles. The number of esters is 1. The molecule has 1 aliphatic heterocycles. The minimum absolute atomic E-state index is 0.0262. The number of aromatic hydroxyl groups is 1. The van der Waals surface area contributed by atoms with E-state index < -0.39 is 5.97 Å². The molecule has 0 amide bonds. The van der Waals surface area contributed by atoms with Gasteiger partial charge in [-0.25, -0.2) is 4.79 Å². The maximum absolute atomic E-state index is 10.9. The minimum atomic E-state index is -0.547. The van der Waals surface area contributed by atoms with Gasteiger partial charge in [0.15, 0.2) is 0 Å². The summed E-state index contributed by atoms with van der Waals surface area (Å²) < 4.78 is 4.70. The van der Waals surface area contributed by atoms with Crippen molar-refractivity contribution in [1.82, 2.24) is 0 Å². The van der Waals surface area contributed by atoms with Crippen molar-refractivity contribution in [3.05, 3.63) is 35.0 Å². The van der Waals surface area contributed by atoms with Crippen LogP contribution in [0.25, 0.3) is 0 Å². The van der Waals surface area contributed by atoms with Crippen LogP contribution in [-0.4, -0.2) is 17.7 Å². The van der Waals surface area contributed by atoms with Crippen molar-refractivity contribution in [1.29, 1.82) is 0 Å². The van der Waals surface area contributed by atoms with Crippen molar-refractivity contribution in [2.24, 2.45) is 0 Å². The molecule has 15 heavy (non-hydrogen) atoms. The van der Waals surface area contributed by atoms with Gasteiger partial charge in [0.25, 0.3) is 0 Å². The predicted molar refractivity (Wildman–Crippen MR) is 55.6 cm³/mol. The van der Waals surface area contributed by atoms with E-state index in [0.29, 0.717) is 11.4 Å². The molecule has 1 aliphatic rings. The molecule has 0 aromatic heterocycles. The summed E-state index contributed by atoms with van der Waals surface area (Å²) in [6.45, 7) is 0.103. The van der Waals surface area contributed by atoms with Crippen LogP contribution in [-0.2, 0) is 9.53 Å². The largest absolute Gasteiger partial charge is 0.506 e. The lowest BCUT2D eigenvalue weighted by molar-refractivity contribution is -0.135. The molecule has 0 radical (unpaired) electrons. The Balaban J connectivity index is 2.24. The first-order chi connectivity index (χ1) is 7.18. The van der Waals surface area contributed by atoms with Crippen LogP contribution in [0.3, 0.4) is 0 Å². The number of hydrogen-bond acceptors (Lipinski definition) is 4. The lowest BCUT2D eigenvalue weighted by atomic mass is 10.3. The number of phenols is 1. The fourth-order valence-corrected chi connectivity index (χ4v) is 1.38. The molecule has 5 heteroatoms. The van der Waals surface area contributed by atoms with Gasteiger partial charge in [0, 0.05) is 0 Å². The SMILES string of the molecule is O=C1OCC(Nc2ccccc2O)=C1Cl. The zero-order chi connectivity index (χ0) is 10.8. The van der Waals surface area contributed by atoms with Gasteiger partial charge in [0.05, 0.1) is 11.4 Å². The number of cyclic esters (lactones) is 1. The predicted octanol–water partition coefficient (Wildman–Crippen LogP) is 1.81. The van der Waals surface area contributed by atoms with Crippen molar-refractivity contribution < 1.29 is 14.6 Å². The van der Waals surface area contributed by atoms with E-state index in [0.717, 1.165) is 0 Å². The summed E-state index contributed by atoms with van der Waals surface area (Å²) >= 11 is 5.69. The lowest BCUT2D eigenvalue weighted by Crippen LogP contribution is -2.01.